The van der Waals surface area contributed by atoms with Crippen molar-refractivity contribution in [1.29, 1.82) is 0 Å². The van der Waals surface area contributed by atoms with Gasteiger partial charge in [-0.3, -0.25) is 4.79 Å². The van der Waals surface area contributed by atoms with Crippen LogP contribution in [0, 0.1) is 18.8 Å². The molecule has 3 rings (SSSR count). The topological polar surface area (TPSA) is 110 Å². The van der Waals surface area contributed by atoms with Crippen LogP contribution >= 0.6 is 0 Å². The number of carboxylic acids is 1. The predicted octanol–water partition coefficient (Wildman–Crippen LogP) is 2.42. The minimum absolute atomic E-state index is 0.0332. The number of likely N-dealkylation sites (tertiary alicyclic amines) is 1. The van der Waals surface area contributed by atoms with Gasteiger partial charge in [0.15, 0.2) is 0 Å². The molecule has 0 spiro atoms. The van der Waals surface area contributed by atoms with Gasteiger partial charge in [0.05, 0.1) is 4.90 Å². The number of halogens is 3. The predicted molar refractivity (Wildman–Crippen MR) is 137 cm³/mol. The number of hydrogen-bond donors (Lipinski definition) is 2. The highest BCUT2D eigenvalue weighted by Crippen LogP contribution is 2.22. The van der Waals surface area contributed by atoms with Crippen molar-refractivity contribution in [2.24, 2.45) is 11.8 Å². The summed E-state index contributed by atoms with van der Waals surface area (Å²) in [5.74, 6) is -1.47. The molecule has 2 aliphatic heterocycles. The Morgan fingerprint density at radius 1 is 1.05 bits per heavy atom. The fourth-order valence-corrected chi connectivity index (χ4v) is 6.16. The van der Waals surface area contributed by atoms with E-state index in [0.717, 1.165) is 31.7 Å². The van der Waals surface area contributed by atoms with Gasteiger partial charge in [0.25, 0.3) is 0 Å². The van der Waals surface area contributed by atoms with Gasteiger partial charge in [-0.05, 0) is 37.3 Å². The lowest BCUT2D eigenvalue weighted by Crippen LogP contribution is -2.48. The lowest BCUT2D eigenvalue weighted by molar-refractivity contribution is -0.192. The molecule has 2 atom stereocenters. The molecule has 216 valence electrons. The van der Waals surface area contributed by atoms with E-state index in [2.05, 4.69) is 24.1 Å². The number of benzene rings is 1. The van der Waals surface area contributed by atoms with Gasteiger partial charge in [-0.1, -0.05) is 31.5 Å². The summed E-state index contributed by atoms with van der Waals surface area (Å²) < 4.78 is 60.1. The zero-order chi connectivity index (χ0) is 28.5. The highest BCUT2D eigenvalue weighted by molar-refractivity contribution is 7.89. The number of nitrogens with one attached hydrogen (secondary N) is 1. The fourth-order valence-electron chi connectivity index (χ4n) is 4.73. The molecule has 9 nitrogen and oxygen atoms in total. The molecule has 2 heterocycles. The van der Waals surface area contributed by atoms with Crippen molar-refractivity contribution >= 4 is 21.9 Å². The number of aryl methyl sites for hydroxylation is 1. The van der Waals surface area contributed by atoms with Crippen LogP contribution in [-0.4, -0.2) is 105 Å². The first kappa shape index (κ1) is 32.0. The maximum Gasteiger partial charge on any atom is 0.490 e. The quantitative estimate of drug-likeness (QED) is 0.499. The second kappa shape index (κ2) is 14.2. The number of nitrogens with zero attached hydrogens (tertiary/aromatic N) is 3. The molecule has 1 aromatic carbocycles. The van der Waals surface area contributed by atoms with Crippen molar-refractivity contribution in [3.63, 3.8) is 0 Å². The summed E-state index contributed by atoms with van der Waals surface area (Å²) >= 11 is 0. The van der Waals surface area contributed by atoms with Gasteiger partial charge >= 0.3 is 12.1 Å². The molecule has 2 aliphatic rings. The van der Waals surface area contributed by atoms with Crippen LogP contribution in [0.5, 0.6) is 0 Å². The minimum Gasteiger partial charge on any atom is -0.475 e. The molecule has 2 unspecified atom stereocenters. The number of carbonyl (C=O) groups excluding carboxylic acids is 1. The van der Waals surface area contributed by atoms with Gasteiger partial charge in [-0.2, -0.15) is 17.5 Å². The summed E-state index contributed by atoms with van der Waals surface area (Å²) in [6.45, 7) is 12.8. The average Bonchev–Trinajstić information content (AvgIpc) is 2.83. The van der Waals surface area contributed by atoms with Crippen molar-refractivity contribution in [3.05, 3.63) is 29.8 Å². The van der Waals surface area contributed by atoms with E-state index in [0.29, 0.717) is 42.9 Å². The summed E-state index contributed by atoms with van der Waals surface area (Å²) in [6, 6.07) is 6.98. The molecule has 38 heavy (non-hydrogen) atoms. The van der Waals surface area contributed by atoms with Crippen molar-refractivity contribution in [1.82, 2.24) is 19.4 Å². The van der Waals surface area contributed by atoms with Crippen LogP contribution in [0.2, 0.25) is 0 Å². The molecule has 1 aromatic rings. The summed E-state index contributed by atoms with van der Waals surface area (Å²) in [5, 5.41) is 10.4. The Morgan fingerprint density at radius 2 is 1.58 bits per heavy atom. The van der Waals surface area contributed by atoms with Crippen LogP contribution in [0.25, 0.3) is 0 Å². The Kier molecular flexibility index (Phi) is 12.0. The molecule has 2 saturated heterocycles. The van der Waals surface area contributed by atoms with Gasteiger partial charge in [0, 0.05) is 65.3 Å². The Bertz CT molecular complexity index is 1000. The standard InChI is InChI=1S/C23H38N4O3S.C2HF3O2/c1-19-4-6-22(7-5-19)31(29,30)27(11-8-23(28)26-12-9-24-10-13-26)15-14-25-17-20(2)16-21(3)18-25;3-2(4,5)1(6)7/h4-7,20-21,24H,8-18H2,1-3H3;(H,6,7). The second-order valence-corrected chi connectivity index (χ2v) is 12.0. The maximum atomic E-state index is 13.4. The van der Waals surface area contributed by atoms with Crippen molar-refractivity contribution in [2.45, 2.75) is 44.7 Å². The number of sulfonamides is 1. The van der Waals surface area contributed by atoms with Crippen LogP contribution in [0.4, 0.5) is 13.2 Å². The fraction of sp³-hybridized carbons (Fsp3) is 0.680. The maximum absolute atomic E-state index is 13.4. The van der Waals surface area contributed by atoms with Crippen LogP contribution < -0.4 is 5.32 Å². The molecule has 0 saturated carbocycles. The Morgan fingerprint density at radius 3 is 2.08 bits per heavy atom. The first-order chi connectivity index (χ1) is 17.7. The first-order valence-electron chi connectivity index (χ1n) is 12.8. The number of carboxylic acid groups (broad SMARTS) is 1. The molecular formula is C25H39F3N4O5S. The number of hydrogen-bond acceptors (Lipinski definition) is 6. The smallest absolute Gasteiger partial charge is 0.475 e. The van der Waals surface area contributed by atoms with E-state index in [-0.39, 0.29) is 18.9 Å². The van der Waals surface area contributed by atoms with Gasteiger partial charge in [0.2, 0.25) is 15.9 Å². The Balaban J connectivity index is 0.000000638. The second-order valence-electron chi connectivity index (χ2n) is 10.1. The highest BCUT2D eigenvalue weighted by Gasteiger charge is 2.38. The number of rotatable bonds is 8. The van der Waals surface area contributed by atoms with E-state index in [1.807, 2.05) is 24.0 Å². The van der Waals surface area contributed by atoms with Crippen molar-refractivity contribution < 1.29 is 36.3 Å². The van der Waals surface area contributed by atoms with E-state index in [1.54, 1.807) is 12.1 Å². The van der Waals surface area contributed by atoms with Crippen LogP contribution in [-0.2, 0) is 19.6 Å². The lowest BCUT2D eigenvalue weighted by atomic mass is 9.92. The number of amides is 1. The number of piperidine rings is 1. The van der Waals surface area contributed by atoms with Crippen molar-refractivity contribution in [3.8, 4) is 0 Å². The van der Waals surface area contributed by atoms with E-state index in [1.165, 1.54) is 10.7 Å². The lowest BCUT2D eigenvalue weighted by Gasteiger charge is -2.36. The van der Waals surface area contributed by atoms with Crippen LogP contribution in [0.3, 0.4) is 0 Å². The van der Waals surface area contributed by atoms with Crippen molar-refractivity contribution in [2.75, 3.05) is 58.9 Å². The number of alkyl halides is 3. The Labute approximate surface area is 223 Å². The molecule has 2 fully saturated rings. The number of piperazine rings is 1. The van der Waals surface area contributed by atoms with E-state index in [4.69, 9.17) is 9.90 Å². The summed E-state index contributed by atoms with van der Waals surface area (Å²) in [7, 11) is -3.65. The van der Waals surface area contributed by atoms with Gasteiger partial charge in [-0.15, -0.1) is 0 Å². The van der Waals surface area contributed by atoms with Gasteiger partial charge in [-0.25, -0.2) is 13.2 Å². The molecule has 13 heteroatoms. The van der Waals surface area contributed by atoms with E-state index < -0.39 is 22.2 Å². The normalized spacial score (nSPS) is 21.1. The monoisotopic (exact) mass is 564 g/mol. The largest absolute Gasteiger partial charge is 0.490 e. The molecule has 0 aliphatic carbocycles. The number of carbonyl (C=O) groups is 2. The van der Waals surface area contributed by atoms with Crippen LogP contribution in [0.1, 0.15) is 32.3 Å². The summed E-state index contributed by atoms with van der Waals surface area (Å²) in [4.78, 5) is 26.1. The average molecular weight is 565 g/mol. The van der Waals surface area contributed by atoms with Crippen LogP contribution in [0.15, 0.2) is 29.2 Å². The molecular weight excluding hydrogens is 525 g/mol. The van der Waals surface area contributed by atoms with E-state index >= 15 is 0 Å². The number of aliphatic carboxylic acids is 1. The highest BCUT2D eigenvalue weighted by atomic mass is 32.2. The molecule has 2 N–H and O–H groups in total. The van der Waals surface area contributed by atoms with Gasteiger partial charge < -0.3 is 20.2 Å². The third-order valence-corrected chi connectivity index (χ3v) is 8.47. The van der Waals surface area contributed by atoms with Gasteiger partial charge in [0.1, 0.15) is 0 Å². The third kappa shape index (κ3) is 10.2. The molecule has 0 bridgehead atoms. The summed E-state index contributed by atoms with van der Waals surface area (Å²) in [6.07, 6.45) is -3.64. The Hall–Kier alpha value is -2.22. The molecule has 0 aromatic heterocycles. The SMILES string of the molecule is Cc1ccc(S(=O)(=O)N(CCC(=O)N2CCNCC2)CCN2CC(C)CC(C)C2)cc1.O=C(O)C(F)(F)F. The zero-order valence-electron chi connectivity index (χ0n) is 22.2. The molecule has 1 amide bonds. The first-order valence-corrected chi connectivity index (χ1v) is 14.2. The summed E-state index contributed by atoms with van der Waals surface area (Å²) in [5.41, 5.74) is 1.02. The van der Waals surface area contributed by atoms with E-state index in [9.17, 15) is 26.4 Å². The molecule has 0 radical (unpaired) electrons. The minimum atomic E-state index is -5.08. The zero-order valence-corrected chi connectivity index (χ0v) is 23.0. The third-order valence-electron chi connectivity index (χ3n) is 6.56.